The van der Waals surface area contributed by atoms with Crippen molar-refractivity contribution in [1.29, 1.82) is 0 Å². The number of aliphatic hydroxyl groups excluding tert-OH is 1. The van der Waals surface area contributed by atoms with Gasteiger partial charge in [0.25, 0.3) is 0 Å². The second-order valence-electron chi connectivity index (χ2n) is 3.03. The van der Waals surface area contributed by atoms with Crippen molar-refractivity contribution in [3.05, 3.63) is 42.2 Å². The maximum absolute atomic E-state index is 8.84. The molecule has 0 aliphatic heterocycles. The zero-order valence-corrected chi connectivity index (χ0v) is 7.68. The molecule has 72 valence electrons. The Bertz CT molecular complexity index is 395. The summed E-state index contributed by atoms with van der Waals surface area (Å²) >= 11 is 0. The highest BCUT2D eigenvalue weighted by Gasteiger charge is 2.08. The van der Waals surface area contributed by atoms with E-state index in [0.717, 1.165) is 16.8 Å². The first kappa shape index (κ1) is 8.97. The van der Waals surface area contributed by atoms with Crippen molar-refractivity contribution in [3.63, 3.8) is 0 Å². The maximum atomic E-state index is 8.84. The van der Waals surface area contributed by atoms with Gasteiger partial charge in [-0.15, -0.1) is 0 Å². The molecule has 0 saturated heterocycles. The van der Waals surface area contributed by atoms with Crippen LogP contribution in [0.4, 0.5) is 0 Å². The highest BCUT2D eigenvalue weighted by Crippen LogP contribution is 2.21. The van der Waals surface area contributed by atoms with Gasteiger partial charge in [0.2, 0.25) is 0 Å². The molecule has 1 heterocycles. The summed E-state index contributed by atoms with van der Waals surface area (Å²) < 4.78 is 4.89. The van der Waals surface area contributed by atoms with Crippen molar-refractivity contribution in [3.8, 4) is 11.3 Å². The lowest BCUT2D eigenvalue weighted by molar-refractivity contribution is 0.299. The van der Waals surface area contributed by atoms with E-state index >= 15 is 0 Å². The Morgan fingerprint density at radius 1 is 1.21 bits per heavy atom. The summed E-state index contributed by atoms with van der Waals surface area (Å²) in [5.41, 5.74) is 2.78. The van der Waals surface area contributed by atoms with Crippen LogP contribution in [0.15, 0.2) is 41.1 Å². The smallest absolute Gasteiger partial charge is 0.127 e. The molecule has 0 fully saturated rings. The molecule has 0 spiro atoms. The Morgan fingerprint density at radius 2 is 2.00 bits per heavy atom. The highest BCUT2D eigenvalue weighted by atomic mass is 16.5. The van der Waals surface area contributed by atoms with Crippen LogP contribution >= 0.6 is 0 Å². The molecule has 0 aliphatic rings. The summed E-state index contributed by atoms with van der Waals surface area (Å²) in [6, 6.07) is 9.80. The van der Waals surface area contributed by atoms with Crippen molar-refractivity contribution >= 4 is 0 Å². The van der Waals surface area contributed by atoms with Crippen molar-refractivity contribution in [1.82, 2.24) is 5.16 Å². The number of benzene rings is 1. The van der Waals surface area contributed by atoms with E-state index < -0.39 is 0 Å². The molecule has 0 bridgehead atoms. The van der Waals surface area contributed by atoms with Gasteiger partial charge in [-0.1, -0.05) is 35.5 Å². The number of aliphatic hydroxyl groups is 1. The van der Waals surface area contributed by atoms with E-state index in [0.29, 0.717) is 6.42 Å². The number of aromatic nitrogens is 1. The average Bonchev–Trinajstić information content (AvgIpc) is 2.68. The first-order chi connectivity index (χ1) is 6.92. The minimum atomic E-state index is 0.112. The van der Waals surface area contributed by atoms with E-state index in [-0.39, 0.29) is 6.61 Å². The summed E-state index contributed by atoms with van der Waals surface area (Å²) in [6.45, 7) is 0.112. The molecule has 0 radical (unpaired) electrons. The summed E-state index contributed by atoms with van der Waals surface area (Å²) in [7, 11) is 0. The lowest BCUT2D eigenvalue weighted by Gasteiger charge is -1.98. The van der Waals surface area contributed by atoms with Crippen molar-refractivity contribution in [2.24, 2.45) is 0 Å². The van der Waals surface area contributed by atoms with Gasteiger partial charge >= 0.3 is 0 Å². The van der Waals surface area contributed by atoms with Crippen molar-refractivity contribution in [2.75, 3.05) is 6.61 Å². The van der Waals surface area contributed by atoms with Crippen molar-refractivity contribution < 1.29 is 9.63 Å². The molecule has 2 aromatic rings. The SMILES string of the molecule is OCCc1conc1-c1ccccc1. The van der Waals surface area contributed by atoms with Gasteiger partial charge in [0, 0.05) is 24.2 Å². The fraction of sp³-hybridized carbons (Fsp3) is 0.182. The van der Waals surface area contributed by atoms with Crippen LogP contribution in [-0.2, 0) is 6.42 Å². The highest BCUT2D eigenvalue weighted by molar-refractivity contribution is 5.61. The van der Waals surface area contributed by atoms with Gasteiger partial charge in [0.15, 0.2) is 0 Å². The molecule has 1 aromatic heterocycles. The minimum Gasteiger partial charge on any atom is -0.396 e. The van der Waals surface area contributed by atoms with Crippen LogP contribution < -0.4 is 0 Å². The molecule has 14 heavy (non-hydrogen) atoms. The molecule has 0 atom stereocenters. The van der Waals surface area contributed by atoms with Crippen LogP contribution in [-0.4, -0.2) is 16.9 Å². The fourth-order valence-electron chi connectivity index (χ4n) is 1.39. The van der Waals surface area contributed by atoms with Crippen LogP contribution in [0.3, 0.4) is 0 Å². The number of nitrogens with zero attached hydrogens (tertiary/aromatic N) is 1. The molecule has 2 rings (SSSR count). The third-order valence-corrected chi connectivity index (χ3v) is 2.07. The molecule has 3 nitrogen and oxygen atoms in total. The normalized spacial score (nSPS) is 10.4. The van der Waals surface area contributed by atoms with E-state index in [1.54, 1.807) is 6.26 Å². The van der Waals surface area contributed by atoms with Gasteiger partial charge in [0.1, 0.15) is 12.0 Å². The van der Waals surface area contributed by atoms with E-state index in [1.165, 1.54) is 0 Å². The zero-order chi connectivity index (χ0) is 9.80. The van der Waals surface area contributed by atoms with Crippen LogP contribution in [0.1, 0.15) is 5.56 Å². The van der Waals surface area contributed by atoms with E-state index in [9.17, 15) is 0 Å². The van der Waals surface area contributed by atoms with Crippen LogP contribution in [0.2, 0.25) is 0 Å². The quantitative estimate of drug-likeness (QED) is 0.801. The maximum Gasteiger partial charge on any atom is 0.127 e. The van der Waals surface area contributed by atoms with Gasteiger partial charge in [-0.2, -0.15) is 0 Å². The predicted molar refractivity (Wildman–Crippen MR) is 52.7 cm³/mol. The molecule has 0 saturated carbocycles. The average molecular weight is 189 g/mol. The lowest BCUT2D eigenvalue weighted by Crippen LogP contribution is -1.91. The van der Waals surface area contributed by atoms with Crippen molar-refractivity contribution in [2.45, 2.75) is 6.42 Å². The predicted octanol–water partition coefficient (Wildman–Crippen LogP) is 1.88. The number of rotatable bonds is 3. The minimum absolute atomic E-state index is 0.112. The molecule has 0 aliphatic carbocycles. The monoisotopic (exact) mass is 189 g/mol. The third-order valence-electron chi connectivity index (χ3n) is 2.07. The first-order valence-corrected chi connectivity index (χ1v) is 4.51. The third kappa shape index (κ3) is 1.67. The first-order valence-electron chi connectivity index (χ1n) is 4.51. The second-order valence-corrected chi connectivity index (χ2v) is 3.03. The zero-order valence-electron chi connectivity index (χ0n) is 7.68. The number of hydrogen-bond donors (Lipinski definition) is 1. The van der Waals surface area contributed by atoms with Gasteiger partial charge < -0.3 is 9.63 Å². The fourth-order valence-corrected chi connectivity index (χ4v) is 1.39. The Hall–Kier alpha value is -1.61. The van der Waals surface area contributed by atoms with E-state index in [1.807, 2.05) is 30.3 Å². The topological polar surface area (TPSA) is 46.3 Å². The van der Waals surface area contributed by atoms with Crippen LogP contribution in [0, 0.1) is 0 Å². The van der Waals surface area contributed by atoms with Gasteiger partial charge in [0.05, 0.1) is 0 Å². The van der Waals surface area contributed by atoms with Gasteiger partial charge in [-0.05, 0) is 0 Å². The Balaban J connectivity index is 2.37. The molecule has 1 N–H and O–H groups in total. The van der Waals surface area contributed by atoms with Crippen LogP contribution in [0.5, 0.6) is 0 Å². The molecule has 0 amide bonds. The standard InChI is InChI=1S/C11H11NO2/c13-7-6-10-8-14-12-11(10)9-4-2-1-3-5-9/h1-5,8,13H,6-7H2. The summed E-state index contributed by atoms with van der Waals surface area (Å²) in [6.07, 6.45) is 2.16. The lowest BCUT2D eigenvalue weighted by atomic mass is 10.1. The van der Waals surface area contributed by atoms with E-state index in [2.05, 4.69) is 5.16 Å². The molecule has 1 aromatic carbocycles. The molecular weight excluding hydrogens is 178 g/mol. The molecule has 3 heteroatoms. The largest absolute Gasteiger partial charge is 0.396 e. The van der Waals surface area contributed by atoms with Crippen LogP contribution in [0.25, 0.3) is 11.3 Å². The molecule has 0 unspecified atom stereocenters. The summed E-state index contributed by atoms with van der Waals surface area (Å²) in [4.78, 5) is 0. The Morgan fingerprint density at radius 3 is 2.71 bits per heavy atom. The van der Waals surface area contributed by atoms with Gasteiger partial charge in [-0.25, -0.2) is 0 Å². The second kappa shape index (κ2) is 4.07. The van der Waals surface area contributed by atoms with Gasteiger partial charge in [-0.3, -0.25) is 0 Å². The number of hydrogen-bond acceptors (Lipinski definition) is 3. The Kier molecular flexibility index (Phi) is 2.60. The summed E-state index contributed by atoms with van der Waals surface area (Å²) in [5.74, 6) is 0. The Labute approximate surface area is 82.0 Å². The van der Waals surface area contributed by atoms with E-state index in [4.69, 9.17) is 9.63 Å². The molecular formula is C11H11NO2. The summed E-state index contributed by atoms with van der Waals surface area (Å²) in [5, 5.41) is 12.8.